The van der Waals surface area contributed by atoms with Gasteiger partial charge in [-0.1, -0.05) is 23.2 Å². The molecule has 0 aliphatic carbocycles. The van der Waals surface area contributed by atoms with Crippen molar-refractivity contribution < 1.29 is 14.1 Å². The van der Waals surface area contributed by atoms with Crippen LogP contribution in [0, 0.1) is 10.1 Å². The minimum atomic E-state index is -0.776. The van der Waals surface area contributed by atoms with E-state index in [9.17, 15) is 14.9 Å². The van der Waals surface area contributed by atoms with Gasteiger partial charge in [-0.05, 0) is 19.9 Å². The van der Waals surface area contributed by atoms with Gasteiger partial charge in [0.15, 0.2) is 0 Å². The van der Waals surface area contributed by atoms with E-state index in [1.54, 1.807) is 12.1 Å². The first-order valence-electron chi connectivity index (χ1n) is 7.11. The van der Waals surface area contributed by atoms with Crippen LogP contribution in [0.25, 0.3) is 16.9 Å². The molecule has 0 amide bonds. The summed E-state index contributed by atoms with van der Waals surface area (Å²) in [5.41, 5.74) is 0.134. The molecule has 0 N–H and O–H groups in total. The fourth-order valence-corrected chi connectivity index (χ4v) is 2.92. The highest BCUT2D eigenvalue weighted by molar-refractivity contribution is 6.38. The van der Waals surface area contributed by atoms with Gasteiger partial charge in [-0.15, -0.1) is 0 Å². The Morgan fingerprint density at radius 1 is 1.28 bits per heavy atom. The van der Waals surface area contributed by atoms with Gasteiger partial charge in [0.1, 0.15) is 5.52 Å². The first kappa shape index (κ1) is 17.2. The first-order chi connectivity index (χ1) is 11.8. The second kappa shape index (κ2) is 6.38. The molecular weight excluding hydrogens is 373 g/mol. The van der Waals surface area contributed by atoms with Gasteiger partial charge in [0.25, 0.3) is 11.4 Å². The molecule has 3 aromatic rings. The summed E-state index contributed by atoms with van der Waals surface area (Å²) in [7, 11) is 0. The highest BCUT2D eigenvalue weighted by Gasteiger charge is 2.21. The number of hydrogen-bond acceptors (Lipinski definition) is 6. The lowest BCUT2D eigenvalue weighted by Gasteiger charge is -2.09. The summed E-state index contributed by atoms with van der Waals surface area (Å²) in [5.74, 6) is -0.480. The molecule has 0 aliphatic heterocycles. The molecule has 25 heavy (non-hydrogen) atoms. The summed E-state index contributed by atoms with van der Waals surface area (Å²) in [5, 5.41) is 10.8. The maximum absolute atomic E-state index is 12.3. The van der Waals surface area contributed by atoms with Gasteiger partial charge < -0.3 is 9.15 Å². The molecule has 0 unspecified atom stereocenters. The summed E-state index contributed by atoms with van der Waals surface area (Å²) >= 11 is 12.2. The molecule has 0 aliphatic rings. The van der Waals surface area contributed by atoms with E-state index in [0.717, 1.165) is 16.7 Å². The molecule has 1 aromatic carbocycles. The molecule has 0 fully saturated rings. The lowest BCUT2D eigenvalue weighted by Crippen LogP contribution is -2.13. The summed E-state index contributed by atoms with van der Waals surface area (Å²) in [6.45, 7) is 3.67. The highest BCUT2D eigenvalue weighted by Crippen LogP contribution is 2.34. The lowest BCUT2D eigenvalue weighted by atomic mass is 10.2. The molecule has 0 saturated carbocycles. The van der Waals surface area contributed by atoms with Crippen molar-refractivity contribution in [1.29, 1.82) is 0 Å². The largest absolute Gasteiger partial charge is 0.475 e. The van der Waals surface area contributed by atoms with Gasteiger partial charge in [-0.2, -0.15) is 4.98 Å². The summed E-state index contributed by atoms with van der Waals surface area (Å²) in [6, 6.07) is 5.36. The number of benzene rings is 1. The van der Waals surface area contributed by atoms with Gasteiger partial charge in [0.05, 0.1) is 26.8 Å². The first-order valence-corrected chi connectivity index (χ1v) is 7.86. The van der Waals surface area contributed by atoms with Crippen LogP contribution < -0.4 is 10.5 Å². The molecule has 3 rings (SSSR count). The molecule has 2 aromatic heterocycles. The van der Waals surface area contributed by atoms with Crippen LogP contribution in [0.15, 0.2) is 33.5 Å². The van der Waals surface area contributed by atoms with Crippen LogP contribution in [0.4, 0.5) is 5.69 Å². The molecule has 2 heterocycles. The highest BCUT2D eigenvalue weighted by atomic mass is 35.5. The molecule has 0 spiro atoms. The van der Waals surface area contributed by atoms with Crippen LogP contribution in [0.1, 0.15) is 13.8 Å². The van der Waals surface area contributed by atoms with Gasteiger partial charge >= 0.3 is 5.76 Å². The fraction of sp³-hybridized carbons (Fsp3) is 0.200. The van der Waals surface area contributed by atoms with Crippen LogP contribution in [0.2, 0.25) is 10.0 Å². The third kappa shape index (κ3) is 3.18. The summed E-state index contributed by atoms with van der Waals surface area (Å²) in [4.78, 5) is 26.6. The second-order valence-electron chi connectivity index (χ2n) is 5.36. The number of ether oxygens (including phenoxy) is 1. The monoisotopic (exact) mass is 383 g/mol. The van der Waals surface area contributed by atoms with Crippen LogP contribution >= 0.6 is 23.2 Å². The molecule has 0 radical (unpaired) electrons. The van der Waals surface area contributed by atoms with Crippen molar-refractivity contribution in [2.24, 2.45) is 0 Å². The van der Waals surface area contributed by atoms with E-state index in [2.05, 4.69) is 4.98 Å². The van der Waals surface area contributed by atoms with E-state index >= 15 is 0 Å². The Morgan fingerprint density at radius 2 is 1.92 bits per heavy atom. The Morgan fingerprint density at radius 3 is 2.48 bits per heavy atom. The molecule has 10 heteroatoms. The zero-order valence-corrected chi connectivity index (χ0v) is 14.5. The smallest absolute Gasteiger partial charge is 0.426 e. The van der Waals surface area contributed by atoms with Crippen molar-refractivity contribution in [3.05, 3.63) is 55.0 Å². The van der Waals surface area contributed by atoms with Gasteiger partial charge in [-0.25, -0.2) is 9.36 Å². The van der Waals surface area contributed by atoms with E-state index in [1.807, 2.05) is 13.8 Å². The fourth-order valence-electron chi connectivity index (χ4n) is 2.28. The molecule has 130 valence electrons. The summed E-state index contributed by atoms with van der Waals surface area (Å²) < 4.78 is 11.7. The number of nitro benzene ring substituents is 1. The average molecular weight is 384 g/mol. The van der Waals surface area contributed by atoms with Gasteiger partial charge in [0, 0.05) is 18.2 Å². The Hall–Kier alpha value is -2.58. The number of rotatable bonds is 4. The topological polar surface area (TPSA) is 100 Å². The second-order valence-corrected chi connectivity index (χ2v) is 6.17. The minimum absolute atomic E-state index is 0.0358. The maximum atomic E-state index is 12.3. The SMILES string of the molecule is CC(C)Oc1ccc2c(n1)oc(=O)n2-c1c(Cl)cc([N+](=O)[O-])cc1Cl. The van der Waals surface area contributed by atoms with E-state index in [4.69, 9.17) is 32.4 Å². The zero-order chi connectivity index (χ0) is 18.3. The number of pyridine rings is 1. The number of nitro groups is 1. The minimum Gasteiger partial charge on any atom is -0.475 e. The Kier molecular flexibility index (Phi) is 4.40. The van der Waals surface area contributed by atoms with Crippen LogP contribution in [-0.2, 0) is 0 Å². The third-order valence-electron chi connectivity index (χ3n) is 3.21. The van der Waals surface area contributed by atoms with Crippen molar-refractivity contribution in [2.45, 2.75) is 20.0 Å². The molecule has 0 saturated heterocycles. The number of aromatic nitrogens is 2. The normalized spacial score (nSPS) is 11.2. The Labute approximate surface area is 150 Å². The van der Waals surface area contributed by atoms with Crippen molar-refractivity contribution in [3.8, 4) is 11.6 Å². The Bertz CT molecular complexity index is 1020. The predicted molar refractivity (Wildman–Crippen MR) is 92.0 cm³/mol. The maximum Gasteiger partial charge on any atom is 0.426 e. The van der Waals surface area contributed by atoms with E-state index in [1.165, 1.54) is 0 Å². The molecular formula is C15H11Cl2N3O5. The predicted octanol–water partition coefficient (Wildman–Crippen LogP) is 3.98. The molecule has 8 nitrogen and oxygen atoms in total. The van der Waals surface area contributed by atoms with Gasteiger partial charge in [0.2, 0.25) is 5.88 Å². The van der Waals surface area contributed by atoms with Crippen molar-refractivity contribution in [2.75, 3.05) is 0 Å². The summed E-state index contributed by atoms with van der Waals surface area (Å²) in [6.07, 6.45) is -0.0997. The van der Waals surface area contributed by atoms with Crippen molar-refractivity contribution in [3.63, 3.8) is 0 Å². The van der Waals surface area contributed by atoms with E-state index in [-0.39, 0.29) is 33.2 Å². The number of non-ortho nitro benzene ring substituents is 1. The number of oxazole rings is 1. The number of hydrogen-bond donors (Lipinski definition) is 0. The lowest BCUT2D eigenvalue weighted by molar-refractivity contribution is -0.384. The van der Waals surface area contributed by atoms with Crippen molar-refractivity contribution in [1.82, 2.24) is 9.55 Å². The van der Waals surface area contributed by atoms with E-state index < -0.39 is 10.7 Å². The zero-order valence-electron chi connectivity index (χ0n) is 13.0. The number of nitrogens with zero attached hydrogens (tertiary/aromatic N) is 3. The number of halogens is 2. The number of fused-ring (bicyclic) bond motifs is 1. The third-order valence-corrected chi connectivity index (χ3v) is 3.79. The van der Waals surface area contributed by atoms with Gasteiger partial charge in [-0.3, -0.25) is 10.1 Å². The molecule has 0 atom stereocenters. The molecule has 0 bridgehead atoms. The van der Waals surface area contributed by atoms with Crippen LogP contribution in [0.3, 0.4) is 0 Å². The van der Waals surface area contributed by atoms with Crippen molar-refractivity contribution >= 4 is 40.1 Å². The average Bonchev–Trinajstić information content (AvgIpc) is 2.81. The quantitative estimate of drug-likeness (QED) is 0.498. The van der Waals surface area contributed by atoms with Crippen LogP contribution in [0.5, 0.6) is 5.88 Å². The van der Waals surface area contributed by atoms with Crippen LogP contribution in [-0.4, -0.2) is 20.6 Å². The van der Waals surface area contributed by atoms with E-state index in [0.29, 0.717) is 11.4 Å². The standard InChI is InChI=1S/C15H11Cl2N3O5/c1-7(2)24-12-4-3-11-14(18-12)25-15(21)19(11)13-9(16)5-8(20(22)23)6-10(13)17/h3-7H,1-2H3. The Balaban J connectivity index is 2.21.